The number of pyridine rings is 1. The predicted molar refractivity (Wildman–Crippen MR) is 113 cm³/mol. The summed E-state index contributed by atoms with van der Waals surface area (Å²) >= 11 is 0. The van der Waals surface area contributed by atoms with Crippen molar-refractivity contribution in [1.29, 1.82) is 0 Å². The van der Waals surface area contributed by atoms with Crippen molar-refractivity contribution in [3.8, 4) is 0 Å². The summed E-state index contributed by atoms with van der Waals surface area (Å²) < 4.78 is 10.4. The third-order valence-corrected chi connectivity index (χ3v) is 5.63. The number of aromatic nitrogens is 2. The summed E-state index contributed by atoms with van der Waals surface area (Å²) in [5, 5.41) is 4.37. The molecule has 2 aromatic heterocycles. The lowest BCUT2D eigenvalue weighted by Crippen LogP contribution is -2.30. The molecule has 1 aliphatic rings. The molecule has 4 rings (SSSR count). The highest BCUT2D eigenvalue weighted by molar-refractivity contribution is 6.04. The quantitative estimate of drug-likeness (QED) is 0.599. The first-order valence-corrected chi connectivity index (χ1v) is 10.2. The number of carbonyl (C=O) groups excluding carboxylic acids is 2. The molecule has 3 aromatic rings. The summed E-state index contributed by atoms with van der Waals surface area (Å²) in [6.45, 7) is 0.203. The van der Waals surface area contributed by atoms with Gasteiger partial charge in [0.15, 0.2) is 0 Å². The molecule has 30 heavy (non-hydrogen) atoms. The van der Waals surface area contributed by atoms with Crippen LogP contribution in [0.5, 0.6) is 0 Å². The van der Waals surface area contributed by atoms with Crippen LogP contribution < -0.4 is 5.32 Å². The lowest BCUT2D eigenvalue weighted by molar-refractivity contribution is -0.146. The number of methoxy groups -OCH3 is 1. The first-order chi connectivity index (χ1) is 14.7. The van der Waals surface area contributed by atoms with E-state index in [9.17, 15) is 9.59 Å². The highest BCUT2D eigenvalue weighted by Gasteiger charge is 2.28. The standard InChI is InChI=1S/C23H25N3O4/c1-29-22(27)16-7-9-17(10-8-16)26-20-18-11-12-24-21(18)25-13-19(20)23(28)30-14-15-5-3-2-4-6-15/h2-6,11-13,16-17H,7-10,14H2,1H3,(H2,24,25,26)/t16-,17-. The van der Waals surface area contributed by atoms with Crippen molar-refractivity contribution in [3.05, 3.63) is 59.9 Å². The number of ether oxygens (including phenoxy) is 2. The van der Waals surface area contributed by atoms with E-state index >= 15 is 0 Å². The summed E-state index contributed by atoms with van der Waals surface area (Å²) in [4.78, 5) is 32.1. The van der Waals surface area contributed by atoms with E-state index in [1.165, 1.54) is 7.11 Å². The first-order valence-electron chi connectivity index (χ1n) is 10.2. The van der Waals surface area contributed by atoms with Gasteiger partial charge in [-0.25, -0.2) is 9.78 Å². The molecule has 0 spiro atoms. The maximum absolute atomic E-state index is 12.9. The molecule has 2 N–H and O–H groups in total. The highest BCUT2D eigenvalue weighted by Crippen LogP contribution is 2.32. The van der Waals surface area contributed by atoms with Crippen molar-refractivity contribution in [2.24, 2.45) is 5.92 Å². The fourth-order valence-electron chi connectivity index (χ4n) is 3.96. The van der Waals surface area contributed by atoms with Crippen LogP contribution in [0.3, 0.4) is 0 Å². The molecule has 1 aromatic carbocycles. The van der Waals surface area contributed by atoms with E-state index in [2.05, 4.69) is 15.3 Å². The fourth-order valence-corrected chi connectivity index (χ4v) is 3.96. The van der Waals surface area contributed by atoms with Crippen LogP contribution in [-0.4, -0.2) is 35.1 Å². The van der Waals surface area contributed by atoms with Crippen LogP contribution in [0.4, 0.5) is 5.69 Å². The molecule has 7 nitrogen and oxygen atoms in total. The van der Waals surface area contributed by atoms with Gasteiger partial charge < -0.3 is 19.8 Å². The molecule has 1 aliphatic carbocycles. The summed E-state index contributed by atoms with van der Waals surface area (Å²) in [6.07, 6.45) is 6.53. The molecule has 1 fully saturated rings. The number of anilines is 1. The van der Waals surface area contributed by atoms with E-state index in [1.54, 1.807) is 12.4 Å². The fraction of sp³-hybridized carbons (Fsp3) is 0.348. The molecule has 2 heterocycles. The topological polar surface area (TPSA) is 93.3 Å². The number of aromatic amines is 1. The number of rotatable bonds is 6. The van der Waals surface area contributed by atoms with Crippen molar-refractivity contribution in [3.63, 3.8) is 0 Å². The molecular weight excluding hydrogens is 382 g/mol. The molecule has 1 saturated carbocycles. The van der Waals surface area contributed by atoms with Gasteiger partial charge in [-0.1, -0.05) is 30.3 Å². The van der Waals surface area contributed by atoms with Gasteiger partial charge in [0.25, 0.3) is 0 Å². The zero-order valence-electron chi connectivity index (χ0n) is 16.9. The molecule has 0 saturated heterocycles. The summed E-state index contributed by atoms with van der Waals surface area (Å²) in [7, 11) is 1.43. The molecule has 0 amide bonds. The van der Waals surface area contributed by atoms with Crippen molar-refractivity contribution in [2.45, 2.75) is 38.3 Å². The van der Waals surface area contributed by atoms with E-state index in [-0.39, 0.29) is 24.5 Å². The van der Waals surface area contributed by atoms with Crippen LogP contribution in [0, 0.1) is 5.92 Å². The van der Waals surface area contributed by atoms with Crippen molar-refractivity contribution >= 4 is 28.7 Å². The minimum Gasteiger partial charge on any atom is -0.469 e. The lowest BCUT2D eigenvalue weighted by Gasteiger charge is -2.29. The number of nitrogens with one attached hydrogen (secondary N) is 2. The van der Waals surface area contributed by atoms with Gasteiger partial charge in [-0.3, -0.25) is 4.79 Å². The largest absolute Gasteiger partial charge is 0.469 e. The third-order valence-electron chi connectivity index (χ3n) is 5.63. The van der Waals surface area contributed by atoms with Crippen LogP contribution in [0.15, 0.2) is 48.8 Å². The molecule has 156 valence electrons. The Hall–Kier alpha value is -3.35. The predicted octanol–water partition coefficient (Wildman–Crippen LogP) is 4.06. The van der Waals surface area contributed by atoms with Crippen LogP contribution >= 0.6 is 0 Å². The van der Waals surface area contributed by atoms with Gasteiger partial charge in [-0.15, -0.1) is 0 Å². The van der Waals surface area contributed by atoms with Gasteiger partial charge in [0.1, 0.15) is 17.8 Å². The molecule has 0 unspecified atom stereocenters. The molecule has 0 radical (unpaired) electrons. The number of hydrogen-bond donors (Lipinski definition) is 2. The molecule has 0 aliphatic heterocycles. The van der Waals surface area contributed by atoms with Gasteiger partial charge in [0.2, 0.25) is 0 Å². The van der Waals surface area contributed by atoms with E-state index in [0.29, 0.717) is 11.2 Å². The van der Waals surface area contributed by atoms with E-state index < -0.39 is 5.97 Å². The maximum atomic E-state index is 12.9. The smallest absolute Gasteiger partial charge is 0.342 e. The molecule has 0 atom stereocenters. The Bertz CT molecular complexity index is 1020. The average Bonchev–Trinajstić information content (AvgIpc) is 3.28. The Morgan fingerprint density at radius 1 is 1.13 bits per heavy atom. The molecule has 7 heteroatoms. The van der Waals surface area contributed by atoms with E-state index in [4.69, 9.17) is 9.47 Å². The second kappa shape index (κ2) is 8.98. The minimum atomic E-state index is -0.416. The number of fused-ring (bicyclic) bond motifs is 1. The van der Waals surface area contributed by atoms with Gasteiger partial charge >= 0.3 is 11.9 Å². The van der Waals surface area contributed by atoms with Crippen molar-refractivity contribution in [1.82, 2.24) is 9.97 Å². The molecular formula is C23H25N3O4. The number of benzene rings is 1. The minimum absolute atomic E-state index is 0.0481. The summed E-state index contributed by atoms with van der Waals surface area (Å²) in [5.74, 6) is -0.608. The number of nitrogens with zero attached hydrogens (tertiary/aromatic N) is 1. The van der Waals surface area contributed by atoms with Crippen LogP contribution in [0.25, 0.3) is 11.0 Å². The van der Waals surface area contributed by atoms with E-state index in [0.717, 1.165) is 42.3 Å². The normalized spacial score (nSPS) is 18.7. The number of esters is 2. The zero-order chi connectivity index (χ0) is 20.9. The Kier molecular flexibility index (Phi) is 5.97. The van der Waals surface area contributed by atoms with Crippen LogP contribution in [-0.2, 0) is 20.9 Å². The second-order valence-corrected chi connectivity index (χ2v) is 7.56. The van der Waals surface area contributed by atoms with Crippen molar-refractivity contribution < 1.29 is 19.1 Å². The van der Waals surface area contributed by atoms with Gasteiger partial charge in [-0.2, -0.15) is 0 Å². The van der Waals surface area contributed by atoms with Gasteiger partial charge in [0.05, 0.1) is 18.7 Å². The second-order valence-electron chi connectivity index (χ2n) is 7.56. The Labute approximate surface area is 174 Å². The zero-order valence-corrected chi connectivity index (χ0v) is 16.9. The molecule has 0 bridgehead atoms. The van der Waals surface area contributed by atoms with Crippen LogP contribution in [0.2, 0.25) is 0 Å². The SMILES string of the molecule is COC(=O)[C@H]1CC[C@H](Nc2c(C(=O)OCc3ccccc3)cnc3[nH]ccc23)CC1. The first kappa shape index (κ1) is 19.9. The Balaban J connectivity index is 1.51. The van der Waals surface area contributed by atoms with Crippen molar-refractivity contribution in [2.75, 3.05) is 12.4 Å². The Morgan fingerprint density at radius 2 is 1.90 bits per heavy atom. The maximum Gasteiger partial charge on any atom is 0.342 e. The number of hydrogen-bond acceptors (Lipinski definition) is 6. The van der Waals surface area contributed by atoms with Crippen LogP contribution in [0.1, 0.15) is 41.6 Å². The van der Waals surface area contributed by atoms with E-state index in [1.807, 2.05) is 36.4 Å². The Morgan fingerprint density at radius 3 is 2.63 bits per heavy atom. The summed E-state index contributed by atoms with van der Waals surface area (Å²) in [6, 6.07) is 11.6. The average molecular weight is 407 g/mol. The number of carbonyl (C=O) groups is 2. The third kappa shape index (κ3) is 4.30. The highest BCUT2D eigenvalue weighted by atomic mass is 16.5. The lowest BCUT2D eigenvalue weighted by atomic mass is 9.86. The monoisotopic (exact) mass is 407 g/mol. The number of H-pyrrole nitrogens is 1. The van der Waals surface area contributed by atoms with Gasteiger partial charge in [-0.05, 0) is 37.3 Å². The summed E-state index contributed by atoms with van der Waals surface area (Å²) in [5.41, 5.74) is 2.77. The van der Waals surface area contributed by atoms with Gasteiger partial charge in [0, 0.05) is 23.8 Å².